The van der Waals surface area contributed by atoms with Gasteiger partial charge >= 0.3 is 0 Å². The van der Waals surface area contributed by atoms with Crippen LogP contribution in [-0.2, 0) is 0 Å². The average Bonchev–Trinajstić information content (AvgIpc) is 3.11. The molecule has 1 aliphatic rings. The number of benzene rings is 8. The molecule has 0 fully saturated rings. The van der Waals surface area contributed by atoms with Crippen molar-refractivity contribution in [2.45, 2.75) is 0 Å². The molecule has 0 aromatic heterocycles. The molecular formula is C42H26O. The van der Waals surface area contributed by atoms with Crippen molar-refractivity contribution in [2.75, 3.05) is 0 Å². The molecule has 43 heavy (non-hydrogen) atoms. The molecule has 1 nitrogen and oxygen atoms in total. The molecule has 8 aromatic rings. The van der Waals surface area contributed by atoms with Gasteiger partial charge in [0.05, 0.1) is 5.48 Å². The summed E-state index contributed by atoms with van der Waals surface area (Å²) in [5.74, 6) is 1.56. The van der Waals surface area contributed by atoms with Gasteiger partial charge in [0.1, 0.15) is 11.5 Å². The van der Waals surface area contributed by atoms with E-state index in [2.05, 4.69) is 42.5 Å². The Morgan fingerprint density at radius 3 is 1.65 bits per heavy atom. The van der Waals surface area contributed by atoms with Crippen LogP contribution in [0.3, 0.4) is 0 Å². The zero-order valence-corrected chi connectivity index (χ0v) is 23.1. The summed E-state index contributed by atoms with van der Waals surface area (Å²) in [6.45, 7) is 0. The van der Waals surface area contributed by atoms with Gasteiger partial charge in [-0.05, 0) is 84.1 Å². The molecule has 8 aromatic carbocycles. The van der Waals surface area contributed by atoms with Crippen LogP contribution in [0.25, 0.3) is 76.8 Å². The predicted octanol–water partition coefficient (Wildman–Crippen LogP) is 11.9. The third kappa shape index (κ3) is 3.65. The second-order valence-electron chi connectivity index (χ2n) is 10.9. The van der Waals surface area contributed by atoms with Crippen LogP contribution < -0.4 is 4.74 Å². The monoisotopic (exact) mass is 550 g/mol. The quantitative estimate of drug-likeness (QED) is 0.199. The van der Waals surface area contributed by atoms with Crippen LogP contribution in [0.2, 0.25) is 0 Å². The molecule has 0 saturated heterocycles. The summed E-state index contributed by atoms with van der Waals surface area (Å²) in [5, 5.41) is 4.31. The summed E-state index contributed by atoms with van der Waals surface area (Å²) in [6.07, 6.45) is 0. The third-order valence-corrected chi connectivity index (χ3v) is 8.53. The maximum absolute atomic E-state index is 9.28. The molecule has 0 N–H and O–H groups in total. The zero-order valence-electron chi connectivity index (χ0n) is 27.1. The highest BCUT2D eigenvalue weighted by Gasteiger charge is 2.23. The smallest absolute Gasteiger partial charge is 0.135 e. The van der Waals surface area contributed by atoms with E-state index in [1.165, 1.54) is 0 Å². The van der Waals surface area contributed by atoms with Gasteiger partial charge in [0.15, 0.2) is 0 Å². The fraction of sp³-hybridized carbons (Fsp3) is 0. The van der Waals surface area contributed by atoms with Gasteiger partial charge in [-0.25, -0.2) is 0 Å². The van der Waals surface area contributed by atoms with Gasteiger partial charge < -0.3 is 4.74 Å². The molecule has 0 bridgehead atoms. The van der Waals surface area contributed by atoms with Crippen LogP contribution in [0.4, 0.5) is 0 Å². The average molecular weight is 551 g/mol. The number of hydrogen-bond donors (Lipinski definition) is 0. The number of rotatable bonds is 3. The molecule has 9 rings (SSSR count). The Morgan fingerprint density at radius 1 is 0.349 bits per heavy atom. The molecule has 0 spiro atoms. The van der Waals surface area contributed by atoms with Gasteiger partial charge in [0.25, 0.3) is 0 Å². The highest BCUT2D eigenvalue weighted by atomic mass is 16.5. The van der Waals surface area contributed by atoms with E-state index < -0.39 is 0 Å². The Balaban J connectivity index is 1.42. The lowest BCUT2D eigenvalue weighted by Crippen LogP contribution is -1.98. The molecule has 200 valence electrons. The maximum Gasteiger partial charge on any atom is 0.135 e. The first-order chi connectivity index (χ1) is 23.0. The van der Waals surface area contributed by atoms with E-state index in [-0.39, 0.29) is 24.2 Å². The van der Waals surface area contributed by atoms with Crippen LogP contribution in [0.5, 0.6) is 11.5 Å². The molecule has 0 saturated carbocycles. The number of ether oxygens (including phenoxy) is 1. The van der Waals surface area contributed by atoms with Gasteiger partial charge in [-0.2, -0.15) is 0 Å². The lowest BCUT2D eigenvalue weighted by Gasteiger charge is -2.24. The highest BCUT2D eigenvalue weighted by molar-refractivity contribution is 6.24. The van der Waals surface area contributed by atoms with E-state index in [4.69, 9.17) is 4.74 Å². The van der Waals surface area contributed by atoms with Crippen LogP contribution in [0.15, 0.2) is 158 Å². The lowest BCUT2D eigenvalue weighted by molar-refractivity contribution is 0.487. The molecule has 1 heterocycles. The fourth-order valence-corrected chi connectivity index (χ4v) is 6.64. The zero-order chi connectivity index (χ0) is 31.8. The Kier molecular flexibility index (Phi) is 4.45. The minimum absolute atomic E-state index is 0.270. The van der Waals surface area contributed by atoms with E-state index >= 15 is 0 Å². The topological polar surface area (TPSA) is 9.23 Å². The minimum atomic E-state index is 0.270. The van der Waals surface area contributed by atoms with Crippen LogP contribution in [0, 0.1) is 0 Å². The number of fused-ring (bicyclic) bond motifs is 4. The van der Waals surface area contributed by atoms with E-state index in [1.807, 2.05) is 66.7 Å². The third-order valence-electron chi connectivity index (χ3n) is 8.53. The first-order valence-electron chi connectivity index (χ1n) is 16.4. The summed E-state index contributed by atoms with van der Waals surface area (Å²) < 4.78 is 43.4. The van der Waals surface area contributed by atoms with Crippen molar-refractivity contribution in [1.29, 1.82) is 0 Å². The van der Waals surface area contributed by atoms with E-state index in [1.54, 1.807) is 24.3 Å². The van der Waals surface area contributed by atoms with Crippen LogP contribution in [0.1, 0.15) is 5.48 Å². The normalized spacial score (nSPS) is 13.2. The molecule has 0 radical (unpaired) electrons. The standard InChI is InChI=1S/C42H26O/c1-2-11-27(12-3-1)28-21-23-29(24-22-28)40-32-14-4-6-16-34(32)41(35-17-7-5-15-33(35)40)37-25-26-39-42-31(18-10-19-36(37)42)30-13-8-9-20-38(30)43-39/h1-26H/i14D,15D,16D,17D. The molecule has 0 unspecified atom stereocenters. The minimum Gasteiger partial charge on any atom is -0.456 e. The summed E-state index contributed by atoms with van der Waals surface area (Å²) in [4.78, 5) is 0. The van der Waals surface area contributed by atoms with Gasteiger partial charge in [0.2, 0.25) is 0 Å². The second kappa shape index (κ2) is 9.44. The van der Waals surface area contributed by atoms with Crippen molar-refractivity contribution in [1.82, 2.24) is 0 Å². The molecule has 1 aliphatic heterocycles. The van der Waals surface area contributed by atoms with Gasteiger partial charge in [-0.3, -0.25) is 0 Å². The van der Waals surface area contributed by atoms with Crippen molar-refractivity contribution in [3.05, 3.63) is 158 Å². The first kappa shape index (κ1) is 20.3. The Labute approximate surface area is 255 Å². The molecule has 0 aliphatic carbocycles. The summed E-state index contributed by atoms with van der Waals surface area (Å²) in [5.41, 5.74) is 7.31. The molecule has 0 amide bonds. The highest BCUT2D eigenvalue weighted by Crippen LogP contribution is 2.51. The van der Waals surface area contributed by atoms with Crippen molar-refractivity contribution >= 4 is 32.3 Å². The van der Waals surface area contributed by atoms with Gasteiger partial charge in [-0.15, -0.1) is 0 Å². The molecule has 1 heteroatoms. The first-order valence-corrected chi connectivity index (χ1v) is 14.4. The molecular weight excluding hydrogens is 520 g/mol. The fourth-order valence-electron chi connectivity index (χ4n) is 6.64. The number of hydrogen-bond acceptors (Lipinski definition) is 1. The number of para-hydroxylation sites is 1. The van der Waals surface area contributed by atoms with Crippen molar-refractivity contribution < 1.29 is 10.2 Å². The second-order valence-corrected chi connectivity index (χ2v) is 10.9. The van der Waals surface area contributed by atoms with Crippen LogP contribution >= 0.6 is 0 Å². The van der Waals surface area contributed by atoms with Crippen LogP contribution in [-0.4, -0.2) is 0 Å². The Bertz CT molecular complexity index is 2500. The van der Waals surface area contributed by atoms with E-state index in [9.17, 15) is 5.48 Å². The Hall–Kier alpha value is -5.66. The van der Waals surface area contributed by atoms with Crippen molar-refractivity contribution in [3.8, 4) is 56.0 Å². The largest absolute Gasteiger partial charge is 0.456 e. The predicted molar refractivity (Wildman–Crippen MR) is 181 cm³/mol. The Morgan fingerprint density at radius 2 is 0.930 bits per heavy atom. The van der Waals surface area contributed by atoms with Crippen molar-refractivity contribution in [2.24, 2.45) is 0 Å². The summed E-state index contributed by atoms with van der Waals surface area (Å²) >= 11 is 0. The van der Waals surface area contributed by atoms with Crippen molar-refractivity contribution in [3.63, 3.8) is 0 Å². The summed E-state index contributed by atoms with van der Waals surface area (Å²) in [6, 6.07) is 44.3. The van der Waals surface area contributed by atoms with Gasteiger partial charge in [-0.1, -0.05) is 139 Å². The lowest BCUT2D eigenvalue weighted by atomic mass is 9.83. The van der Waals surface area contributed by atoms with Gasteiger partial charge in [0, 0.05) is 10.9 Å². The van der Waals surface area contributed by atoms with E-state index in [0.29, 0.717) is 32.7 Å². The molecule has 0 atom stereocenters. The SMILES string of the molecule is [2H]c1ccc([2H])c2c(-c3ccc4c5c(cccc35)-c3ccccc3O4)c3c([2H])ccc([2H])c3c(-c3ccc(-c4ccccc4)cc3)c12. The maximum atomic E-state index is 9.28. The summed E-state index contributed by atoms with van der Waals surface area (Å²) in [7, 11) is 0. The van der Waals surface area contributed by atoms with E-state index in [0.717, 1.165) is 55.7 Å².